The normalized spacial score (nSPS) is 10.0. The van der Waals surface area contributed by atoms with E-state index in [1.807, 2.05) is 0 Å². The molecule has 3 aromatic rings. The first kappa shape index (κ1) is 15.5. The Balaban J connectivity index is 1.66. The van der Waals surface area contributed by atoms with Gasteiger partial charge in [-0.3, -0.25) is 4.79 Å². The number of anilines is 1. The molecule has 2 aromatic carbocycles. The van der Waals surface area contributed by atoms with Crippen molar-refractivity contribution in [1.29, 1.82) is 0 Å². The van der Waals surface area contributed by atoms with Crippen LogP contribution in [-0.2, 0) is 0 Å². The zero-order chi connectivity index (χ0) is 16.8. The molecule has 1 amide bonds. The van der Waals surface area contributed by atoms with Crippen molar-refractivity contribution < 1.29 is 14.3 Å². The zero-order valence-electron chi connectivity index (χ0n) is 13.0. The molecule has 0 aliphatic carbocycles. The number of aromatic nitrogens is 2. The molecule has 120 valence electrons. The molecule has 24 heavy (non-hydrogen) atoms. The van der Waals surface area contributed by atoms with E-state index in [0.29, 0.717) is 22.7 Å². The van der Waals surface area contributed by atoms with Gasteiger partial charge in [-0.05, 0) is 48.5 Å². The molecule has 0 saturated heterocycles. The first-order valence-corrected chi connectivity index (χ1v) is 7.25. The summed E-state index contributed by atoms with van der Waals surface area (Å²) in [5, 5.41) is 2.82. The molecule has 0 fully saturated rings. The first-order valence-electron chi connectivity index (χ1n) is 7.25. The van der Waals surface area contributed by atoms with Crippen molar-refractivity contribution in [3.8, 4) is 17.5 Å². The van der Waals surface area contributed by atoms with Crippen molar-refractivity contribution in [3.05, 3.63) is 72.6 Å². The summed E-state index contributed by atoms with van der Waals surface area (Å²) in [4.78, 5) is 20.2. The van der Waals surface area contributed by atoms with E-state index in [4.69, 9.17) is 9.47 Å². The highest BCUT2D eigenvalue weighted by molar-refractivity contribution is 6.04. The van der Waals surface area contributed by atoms with Crippen LogP contribution in [0.4, 0.5) is 5.69 Å². The average molecular weight is 321 g/mol. The molecule has 6 nitrogen and oxygen atoms in total. The third kappa shape index (κ3) is 3.86. The predicted octanol–water partition coefficient (Wildman–Crippen LogP) is 3.53. The molecule has 3 rings (SSSR count). The number of carbonyl (C=O) groups is 1. The van der Waals surface area contributed by atoms with E-state index in [0.717, 1.165) is 0 Å². The predicted molar refractivity (Wildman–Crippen MR) is 89.5 cm³/mol. The molecule has 1 N–H and O–H groups in total. The Labute approximate surface area is 139 Å². The van der Waals surface area contributed by atoms with Gasteiger partial charge in [-0.15, -0.1) is 0 Å². The van der Waals surface area contributed by atoms with Crippen LogP contribution in [0.2, 0.25) is 0 Å². The van der Waals surface area contributed by atoms with Gasteiger partial charge in [-0.2, -0.15) is 0 Å². The second-order valence-corrected chi connectivity index (χ2v) is 4.84. The number of rotatable bonds is 5. The number of benzene rings is 2. The van der Waals surface area contributed by atoms with Gasteiger partial charge in [-0.25, -0.2) is 9.97 Å². The lowest BCUT2D eigenvalue weighted by molar-refractivity contribution is 0.102. The van der Waals surface area contributed by atoms with Crippen LogP contribution >= 0.6 is 0 Å². The number of nitrogens with zero attached hydrogens (tertiary/aromatic N) is 2. The quantitative estimate of drug-likeness (QED) is 0.778. The third-order valence-electron chi connectivity index (χ3n) is 3.20. The Bertz CT molecular complexity index is 820. The Morgan fingerprint density at radius 1 is 0.958 bits per heavy atom. The second kappa shape index (κ2) is 7.23. The Morgan fingerprint density at radius 3 is 2.42 bits per heavy atom. The molecule has 0 aliphatic heterocycles. The van der Waals surface area contributed by atoms with Crippen molar-refractivity contribution in [2.45, 2.75) is 0 Å². The number of amides is 1. The second-order valence-electron chi connectivity index (χ2n) is 4.84. The average Bonchev–Trinajstić information content (AvgIpc) is 2.64. The molecule has 0 bridgehead atoms. The fraction of sp³-hybridized carbons (Fsp3) is 0.0556. The van der Waals surface area contributed by atoms with Gasteiger partial charge in [0.25, 0.3) is 5.91 Å². The summed E-state index contributed by atoms with van der Waals surface area (Å²) in [6.45, 7) is 0. The SMILES string of the molecule is COc1cccc(C(=O)Nc2ccc(Oc3ncccn3)cc2)c1. The van der Waals surface area contributed by atoms with Crippen molar-refractivity contribution >= 4 is 11.6 Å². The minimum atomic E-state index is -0.214. The molecule has 1 heterocycles. The van der Waals surface area contributed by atoms with Crippen LogP contribution in [0.25, 0.3) is 0 Å². The molecule has 0 radical (unpaired) electrons. The van der Waals surface area contributed by atoms with Crippen LogP contribution in [0.3, 0.4) is 0 Å². The van der Waals surface area contributed by atoms with Crippen LogP contribution in [0.1, 0.15) is 10.4 Å². The number of hydrogen-bond acceptors (Lipinski definition) is 5. The maximum absolute atomic E-state index is 12.2. The number of ether oxygens (including phenoxy) is 2. The Kier molecular flexibility index (Phi) is 4.67. The van der Waals surface area contributed by atoms with Gasteiger partial charge < -0.3 is 14.8 Å². The van der Waals surface area contributed by atoms with Crippen LogP contribution in [0, 0.1) is 0 Å². The third-order valence-corrected chi connectivity index (χ3v) is 3.20. The fourth-order valence-electron chi connectivity index (χ4n) is 2.02. The molecular formula is C18H15N3O3. The Hall–Kier alpha value is -3.41. The Morgan fingerprint density at radius 2 is 1.71 bits per heavy atom. The summed E-state index contributed by atoms with van der Waals surface area (Å²) in [7, 11) is 1.56. The molecule has 0 spiro atoms. The smallest absolute Gasteiger partial charge is 0.321 e. The van der Waals surface area contributed by atoms with E-state index >= 15 is 0 Å². The number of nitrogens with one attached hydrogen (secondary N) is 1. The van der Waals surface area contributed by atoms with E-state index < -0.39 is 0 Å². The van der Waals surface area contributed by atoms with E-state index in [2.05, 4.69) is 15.3 Å². The maximum atomic E-state index is 12.2. The van der Waals surface area contributed by atoms with Crippen LogP contribution in [0.15, 0.2) is 67.0 Å². The highest BCUT2D eigenvalue weighted by Crippen LogP contribution is 2.20. The first-order chi connectivity index (χ1) is 11.7. The minimum Gasteiger partial charge on any atom is -0.497 e. The summed E-state index contributed by atoms with van der Waals surface area (Å²) in [5.41, 5.74) is 1.18. The van der Waals surface area contributed by atoms with Gasteiger partial charge in [0.2, 0.25) is 0 Å². The van der Waals surface area contributed by atoms with E-state index in [1.54, 1.807) is 74.1 Å². The lowest BCUT2D eigenvalue weighted by Crippen LogP contribution is -2.11. The van der Waals surface area contributed by atoms with Gasteiger partial charge >= 0.3 is 6.01 Å². The van der Waals surface area contributed by atoms with Crippen molar-refractivity contribution in [2.24, 2.45) is 0 Å². The van der Waals surface area contributed by atoms with Crippen LogP contribution < -0.4 is 14.8 Å². The largest absolute Gasteiger partial charge is 0.497 e. The summed E-state index contributed by atoms with van der Waals surface area (Å²) >= 11 is 0. The maximum Gasteiger partial charge on any atom is 0.321 e. The lowest BCUT2D eigenvalue weighted by atomic mass is 10.2. The van der Waals surface area contributed by atoms with Crippen LogP contribution in [0.5, 0.6) is 17.5 Å². The minimum absolute atomic E-state index is 0.214. The number of hydrogen-bond donors (Lipinski definition) is 1. The van der Waals surface area contributed by atoms with Gasteiger partial charge in [-0.1, -0.05) is 6.07 Å². The lowest BCUT2D eigenvalue weighted by Gasteiger charge is -2.08. The molecule has 1 aromatic heterocycles. The number of methoxy groups -OCH3 is 1. The van der Waals surface area contributed by atoms with E-state index in [9.17, 15) is 4.79 Å². The molecule has 6 heteroatoms. The highest BCUT2D eigenvalue weighted by Gasteiger charge is 2.07. The molecule has 0 aliphatic rings. The summed E-state index contributed by atoms with van der Waals surface area (Å²) in [5.74, 6) is 1.00. The van der Waals surface area contributed by atoms with Crippen molar-refractivity contribution in [1.82, 2.24) is 9.97 Å². The molecule has 0 atom stereocenters. The molecular weight excluding hydrogens is 306 g/mol. The fourth-order valence-corrected chi connectivity index (χ4v) is 2.02. The number of carbonyl (C=O) groups excluding carboxylic acids is 1. The molecule has 0 saturated carbocycles. The standard InChI is InChI=1S/C18H15N3O3/c1-23-16-5-2-4-13(12-16)17(22)21-14-6-8-15(9-7-14)24-18-19-10-3-11-20-18/h2-12H,1H3,(H,21,22). The van der Waals surface area contributed by atoms with Crippen molar-refractivity contribution in [2.75, 3.05) is 12.4 Å². The summed E-state index contributed by atoms with van der Waals surface area (Å²) in [6.07, 6.45) is 3.20. The molecule has 0 unspecified atom stereocenters. The monoisotopic (exact) mass is 321 g/mol. The highest BCUT2D eigenvalue weighted by atomic mass is 16.5. The van der Waals surface area contributed by atoms with Gasteiger partial charge in [0, 0.05) is 23.6 Å². The van der Waals surface area contributed by atoms with Gasteiger partial charge in [0.05, 0.1) is 7.11 Å². The topological polar surface area (TPSA) is 73.3 Å². The zero-order valence-corrected chi connectivity index (χ0v) is 13.0. The van der Waals surface area contributed by atoms with Crippen molar-refractivity contribution in [3.63, 3.8) is 0 Å². The van der Waals surface area contributed by atoms with E-state index in [1.165, 1.54) is 0 Å². The van der Waals surface area contributed by atoms with Gasteiger partial charge in [0.1, 0.15) is 11.5 Å². The van der Waals surface area contributed by atoms with E-state index in [-0.39, 0.29) is 11.9 Å². The van der Waals surface area contributed by atoms with Gasteiger partial charge in [0.15, 0.2) is 0 Å². The summed E-state index contributed by atoms with van der Waals surface area (Å²) in [6, 6.07) is 15.9. The van der Waals surface area contributed by atoms with Crippen LogP contribution in [-0.4, -0.2) is 23.0 Å². The summed E-state index contributed by atoms with van der Waals surface area (Å²) < 4.78 is 10.6.